The van der Waals surface area contributed by atoms with Gasteiger partial charge in [0.05, 0.1) is 10.6 Å². The Morgan fingerprint density at radius 3 is 2.93 bits per heavy atom. The maximum atomic E-state index is 12.2. The van der Waals surface area contributed by atoms with Gasteiger partial charge in [0.1, 0.15) is 5.65 Å². The Balaban J connectivity index is 1.74. The highest BCUT2D eigenvalue weighted by Gasteiger charge is 2.24. The molecule has 3 heterocycles. The molecule has 3 aromatic rings. The molecule has 1 amide bonds. The van der Waals surface area contributed by atoms with E-state index in [2.05, 4.69) is 15.3 Å². The molecule has 0 saturated carbocycles. The number of sulfone groups is 1. The Hall–Kier alpha value is -2.87. The minimum absolute atomic E-state index is 0.117. The maximum absolute atomic E-state index is 12.2. The van der Waals surface area contributed by atoms with Gasteiger partial charge in [-0.05, 0) is 36.6 Å². The van der Waals surface area contributed by atoms with Crippen molar-refractivity contribution in [2.45, 2.75) is 37.1 Å². The van der Waals surface area contributed by atoms with Gasteiger partial charge in [-0.1, -0.05) is 19.1 Å². The smallest absolute Gasteiger partial charge is 0.222 e. The summed E-state index contributed by atoms with van der Waals surface area (Å²) in [6.07, 6.45) is 7.23. The molecule has 1 fully saturated rings. The van der Waals surface area contributed by atoms with E-state index in [1.807, 2.05) is 30.2 Å². The van der Waals surface area contributed by atoms with Crippen LogP contribution in [0.3, 0.4) is 0 Å². The predicted octanol–water partition coefficient (Wildman–Crippen LogP) is 3.45. The van der Waals surface area contributed by atoms with Crippen LogP contribution in [0.1, 0.15) is 26.2 Å². The molecule has 0 bridgehead atoms. The number of amides is 1. The van der Waals surface area contributed by atoms with Gasteiger partial charge in [0.25, 0.3) is 0 Å². The number of nitrogens with one attached hydrogen (secondary N) is 2. The number of pyridine rings is 1. The Labute approximate surface area is 176 Å². The predicted molar refractivity (Wildman–Crippen MR) is 118 cm³/mol. The average molecular weight is 427 g/mol. The first-order chi connectivity index (χ1) is 14.4. The number of likely N-dealkylation sites (tertiary alicyclic amines) is 1. The number of piperidine rings is 1. The van der Waals surface area contributed by atoms with Gasteiger partial charge in [-0.15, -0.1) is 0 Å². The van der Waals surface area contributed by atoms with Crippen LogP contribution in [-0.2, 0) is 14.6 Å². The number of anilines is 1. The summed E-state index contributed by atoms with van der Waals surface area (Å²) < 4.78 is 24.1. The zero-order chi connectivity index (χ0) is 21.3. The van der Waals surface area contributed by atoms with Crippen LogP contribution < -0.4 is 5.32 Å². The van der Waals surface area contributed by atoms with Gasteiger partial charge in [-0.2, -0.15) is 0 Å². The van der Waals surface area contributed by atoms with Crippen molar-refractivity contribution >= 4 is 32.5 Å². The van der Waals surface area contributed by atoms with Gasteiger partial charge in [0.2, 0.25) is 5.91 Å². The fourth-order valence-corrected chi connectivity index (χ4v) is 4.69. The highest BCUT2D eigenvalue weighted by atomic mass is 32.2. The SMILES string of the molecule is CCC(=O)N1CCC[C@@H](Nc2c(-c3cccc(S(C)(=O)=O)c3)cnc3[nH]ccc23)C1. The van der Waals surface area contributed by atoms with Crippen LogP contribution in [0, 0.1) is 0 Å². The topological polar surface area (TPSA) is 95.2 Å². The van der Waals surface area contributed by atoms with Gasteiger partial charge in [0.15, 0.2) is 9.84 Å². The van der Waals surface area contributed by atoms with E-state index in [1.54, 1.807) is 24.4 Å². The summed E-state index contributed by atoms with van der Waals surface area (Å²) in [5.74, 6) is 0.170. The third kappa shape index (κ3) is 4.05. The molecule has 1 saturated heterocycles. The molecule has 0 spiro atoms. The number of carbonyl (C=O) groups is 1. The minimum atomic E-state index is -3.32. The molecule has 0 radical (unpaired) electrons. The van der Waals surface area contributed by atoms with Crippen LogP contribution in [0.15, 0.2) is 47.6 Å². The van der Waals surface area contributed by atoms with Gasteiger partial charge in [-0.3, -0.25) is 4.79 Å². The number of benzene rings is 1. The minimum Gasteiger partial charge on any atom is -0.379 e. The Bertz CT molecular complexity index is 1190. The fraction of sp³-hybridized carbons (Fsp3) is 0.364. The van der Waals surface area contributed by atoms with Gasteiger partial charge in [-0.25, -0.2) is 13.4 Å². The molecule has 7 nitrogen and oxygen atoms in total. The molecule has 1 aliphatic heterocycles. The van der Waals surface area contributed by atoms with Gasteiger partial charge < -0.3 is 15.2 Å². The van der Waals surface area contributed by atoms with E-state index in [0.717, 1.165) is 47.2 Å². The van der Waals surface area contributed by atoms with Crippen LogP contribution in [0.2, 0.25) is 0 Å². The van der Waals surface area contributed by atoms with Crippen molar-refractivity contribution in [1.82, 2.24) is 14.9 Å². The fourth-order valence-electron chi connectivity index (χ4n) is 4.03. The van der Waals surface area contributed by atoms with Crippen molar-refractivity contribution in [3.63, 3.8) is 0 Å². The highest BCUT2D eigenvalue weighted by Crippen LogP contribution is 2.35. The van der Waals surface area contributed by atoms with Crippen molar-refractivity contribution in [1.29, 1.82) is 0 Å². The van der Waals surface area contributed by atoms with Gasteiger partial charge >= 0.3 is 0 Å². The normalized spacial score (nSPS) is 17.3. The lowest BCUT2D eigenvalue weighted by Gasteiger charge is -2.34. The van der Waals surface area contributed by atoms with E-state index in [1.165, 1.54) is 6.26 Å². The Morgan fingerprint density at radius 2 is 2.17 bits per heavy atom. The number of aromatic amines is 1. The lowest BCUT2D eigenvalue weighted by Crippen LogP contribution is -2.45. The first-order valence-electron chi connectivity index (χ1n) is 10.2. The molecule has 1 aromatic carbocycles. The summed E-state index contributed by atoms with van der Waals surface area (Å²) in [6, 6.07) is 9.01. The molecule has 1 aliphatic rings. The van der Waals surface area contributed by atoms with E-state index in [0.29, 0.717) is 13.0 Å². The monoisotopic (exact) mass is 426 g/mol. The van der Waals surface area contributed by atoms with E-state index in [9.17, 15) is 13.2 Å². The summed E-state index contributed by atoms with van der Waals surface area (Å²) in [7, 11) is -3.32. The number of fused-ring (bicyclic) bond motifs is 1. The Kier molecular flexibility index (Phi) is 5.51. The lowest BCUT2D eigenvalue weighted by molar-refractivity contribution is -0.131. The average Bonchev–Trinajstić information content (AvgIpc) is 3.22. The second kappa shape index (κ2) is 8.10. The zero-order valence-corrected chi connectivity index (χ0v) is 18.0. The summed E-state index contributed by atoms with van der Waals surface area (Å²) in [4.78, 5) is 22.0. The molecule has 2 aromatic heterocycles. The van der Waals surface area contributed by atoms with Crippen molar-refractivity contribution in [3.8, 4) is 11.1 Å². The van der Waals surface area contributed by atoms with E-state index in [4.69, 9.17) is 0 Å². The molecule has 2 N–H and O–H groups in total. The highest BCUT2D eigenvalue weighted by molar-refractivity contribution is 7.90. The van der Waals surface area contributed by atoms with Crippen LogP contribution in [0.25, 0.3) is 22.2 Å². The molecular weight excluding hydrogens is 400 g/mol. The Morgan fingerprint density at radius 1 is 1.33 bits per heavy atom. The molecule has 0 aliphatic carbocycles. The number of nitrogens with zero attached hydrogens (tertiary/aromatic N) is 2. The summed E-state index contributed by atoms with van der Waals surface area (Å²) >= 11 is 0. The molecule has 0 unspecified atom stereocenters. The van der Waals surface area contributed by atoms with Crippen molar-refractivity contribution in [2.75, 3.05) is 24.7 Å². The van der Waals surface area contributed by atoms with Crippen molar-refractivity contribution in [2.24, 2.45) is 0 Å². The van der Waals surface area contributed by atoms with Crippen LogP contribution in [-0.4, -0.2) is 54.6 Å². The first kappa shape index (κ1) is 20.4. The largest absolute Gasteiger partial charge is 0.379 e. The number of carbonyl (C=O) groups excluding carboxylic acids is 1. The molecule has 4 rings (SSSR count). The van der Waals surface area contributed by atoms with Crippen LogP contribution >= 0.6 is 0 Å². The van der Waals surface area contributed by atoms with E-state index < -0.39 is 9.84 Å². The molecule has 30 heavy (non-hydrogen) atoms. The second-order valence-electron chi connectivity index (χ2n) is 7.76. The summed E-state index contributed by atoms with van der Waals surface area (Å²) in [6.45, 7) is 3.34. The standard InChI is InChI=1S/C22H26N4O3S/c1-3-20(27)26-11-5-7-16(14-26)25-21-18-9-10-23-22(18)24-13-19(21)15-6-4-8-17(12-15)30(2,28)29/h4,6,8-10,12-13,16H,3,5,7,11,14H2,1-2H3,(H2,23,24,25)/t16-/m1/s1. The van der Waals surface area contributed by atoms with E-state index in [-0.39, 0.29) is 16.8 Å². The van der Waals surface area contributed by atoms with Crippen molar-refractivity contribution in [3.05, 3.63) is 42.7 Å². The third-order valence-electron chi connectivity index (χ3n) is 5.58. The lowest BCUT2D eigenvalue weighted by atomic mass is 10.0. The first-order valence-corrected chi connectivity index (χ1v) is 12.1. The van der Waals surface area contributed by atoms with Crippen LogP contribution in [0.5, 0.6) is 0 Å². The number of hydrogen-bond acceptors (Lipinski definition) is 5. The quantitative estimate of drug-likeness (QED) is 0.652. The molecule has 1 atom stereocenters. The number of aromatic nitrogens is 2. The van der Waals surface area contributed by atoms with Crippen LogP contribution in [0.4, 0.5) is 5.69 Å². The summed E-state index contributed by atoms with van der Waals surface area (Å²) in [5, 5.41) is 4.58. The maximum Gasteiger partial charge on any atom is 0.222 e. The zero-order valence-electron chi connectivity index (χ0n) is 17.2. The third-order valence-corrected chi connectivity index (χ3v) is 6.70. The number of H-pyrrole nitrogens is 1. The molecule has 8 heteroatoms. The molecule has 158 valence electrons. The van der Waals surface area contributed by atoms with Crippen molar-refractivity contribution < 1.29 is 13.2 Å². The number of hydrogen-bond donors (Lipinski definition) is 2. The summed E-state index contributed by atoms with van der Waals surface area (Å²) in [5.41, 5.74) is 3.29. The van der Waals surface area contributed by atoms with Gasteiger partial charge in [0, 0.05) is 55.2 Å². The van der Waals surface area contributed by atoms with E-state index >= 15 is 0 Å². The second-order valence-corrected chi connectivity index (χ2v) is 9.78. The molecular formula is C22H26N4O3S. The number of rotatable bonds is 5.